The zero-order chi connectivity index (χ0) is 17.1. The van der Waals surface area contributed by atoms with Crippen molar-refractivity contribution in [3.05, 3.63) is 22.4 Å². The monoisotopic (exact) mass is 340 g/mol. The van der Waals surface area contributed by atoms with Gasteiger partial charge in [-0.25, -0.2) is 0 Å². The second-order valence-electron chi connectivity index (χ2n) is 5.74. The lowest BCUT2D eigenvalue weighted by Crippen LogP contribution is -2.49. The van der Waals surface area contributed by atoms with Gasteiger partial charge in [-0.1, -0.05) is 45.1 Å². The third-order valence-corrected chi connectivity index (χ3v) is 4.54. The molecule has 0 bridgehead atoms. The molecule has 0 saturated carbocycles. The number of carbonyl (C=O) groups is 2. The van der Waals surface area contributed by atoms with Gasteiger partial charge in [0.1, 0.15) is 0 Å². The van der Waals surface area contributed by atoms with E-state index in [0.717, 1.165) is 12.8 Å². The van der Waals surface area contributed by atoms with Crippen molar-refractivity contribution in [2.75, 3.05) is 6.54 Å². The number of aliphatic hydroxyl groups is 1. The number of carbonyl (C=O) groups excluding carboxylic acids is 2. The van der Waals surface area contributed by atoms with Crippen LogP contribution in [0.2, 0.25) is 0 Å². The van der Waals surface area contributed by atoms with Crippen molar-refractivity contribution < 1.29 is 14.7 Å². The molecule has 1 aromatic heterocycles. The standard InChI is InChI=1S/C17H28N2O3S/c1-3-4-5-6-7-8-11-18-17(22)15(20)13(2)19-16(21)14-10-9-12-23-14/h9-10,12-13,15,20H,3-8,11H2,1-2H3,(H,18,22)(H,19,21)/t13-,15+/m0/s1. The van der Waals surface area contributed by atoms with Crippen LogP contribution in [0.3, 0.4) is 0 Å². The van der Waals surface area contributed by atoms with Crippen molar-refractivity contribution in [1.82, 2.24) is 10.6 Å². The number of aliphatic hydroxyl groups excluding tert-OH is 1. The van der Waals surface area contributed by atoms with Crippen molar-refractivity contribution in [3.63, 3.8) is 0 Å². The molecule has 3 N–H and O–H groups in total. The Bertz CT molecular complexity index is 462. The molecule has 0 fully saturated rings. The molecule has 1 heterocycles. The molecule has 0 spiro atoms. The third-order valence-electron chi connectivity index (χ3n) is 3.68. The zero-order valence-corrected chi connectivity index (χ0v) is 14.8. The van der Waals surface area contributed by atoms with Crippen LogP contribution in [0, 0.1) is 0 Å². The SMILES string of the molecule is CCCCCCCCNC(=O)[C@H](O)[C@H](C)NC(=O)c1cccs1. The number of hydrogen-bond donors (Lipinski definition) is 3. The Kier molecular flexibility index (Phi) is 9.55. The van der Waals surface area contributed by atoms with E-state index in [4.69, 9.17) is 0 Å². The Labute approximate surface area is 142 Å². The van der Waals surface area contributed by atoms with Gasteiger partial charge in [0, 0.05) is 6.54 Å². The quantitative estimate of drug-likeness (QED) is 0.542. The second kappa shape index (κ2) is 11.2. The molecule has 1 rings (SSSR count). The second-order valence-corrected chi connectivity index (χ2v) is 6.69. The number of unbranched alkanes of at least 4 members (excludes halogenated alkanes) is 5. The van der Waals surface area contributed by atoms with E-state index in [9.17, 15) is 14.7 Å². The Hall–Kier alpha value is -1.40. The number of hydrogen-bond acceptors (Lipinski definition) is 4. The van der Waals surface area contributed by atoms with E-state index in [1.165, 1.54) is 37.0 Å². The summed E-state index contributed by atoms with van der Waals surface area (Å²) in [4.78, 5) is 24.3. The lowest BCUT2D eigenvalue weighted by molar-refractivity contribution is -0.130. The number of rotatable bonds is 11. The van der Waals surface area contributed by atoms with Gasteiger partial charge in [-0.15, -0.1) is 11.3 Å². The van der Waals surface area contributed by atoms with E-state index in [1.807, 2.05) is 5.38 Å². The minimum Gasteiger partial charge on any atom is -0.381 e. The first-order valence-corrected chi connectivity index (χ1v) is 9.24. The van der Waals surface area contributed by atoms with Gasteiger partial charge in [-0.3, -0.25) is 9.59 Å². The van der Waals surface area contributed by atoms with Crippen molar-refractivity contribution >= 4 is 23.2 Å². The van der Waals surface area contributed by atoms with Gasteiger partial charge in [0.05, 0.1) is 10.9 Å². The Morgan fingerprint density at radius 2 is 1.91 bits per heavy atom. The Morgan fingerprint density at radius 1 is 1.22 bits per heavy atom. The van der Waals surface area contributed by atoms with E-state index in [2.05, 4.69) is 17.6 Å². The molecule has 0 aliphatic carbocycles. The fourth-order valence-electron chi connectivity index (χ4n) is 2.21. The van der Waals surface area contributed by atoms with Crippen LogP contribution in [0.15, 0.2) is 17.5 Å². The molecule has 0 aliphatic rings. The molecule has 0 aliphatic heterocycles. The van der Waals surface area contributed by atoms with Crippen molar-refractivity contribution in [2.45, 2.75) is 64.5 Å². The summed E-state index contributed by atoms with van der Waals surface area (Å²) in [6.07, 6.45) is 5.65. The highest BCUT2D eigenvalue weighted by atomic mass is 32.1. The molecule has 0 unspecified atom stereocenters. The van der Waals surface area contributed by atoms with Crippen LogP contribution in [0.1, 0.15) is 62.0 Å². The van der Waals surface area contributed by atoms with E-state index in [-0.39, 0.29) is 5.91 Å². The maximum absolute atomic E-state index is 11.9. The smallest absolute Gasteiger partial charge is 0.261 e. The molecule has 0 radical (unpaired) electrons. The van der Waals surface area contributed by atoms with Crippen LogP contribution in [-0.4, -0.2) is 35.6 Å². The summed E-state index contributed by atoms with van der Waals surface area (Å²) < 4.78 is 0. The number of thiophene rings is 1. The normalized spacial score (nSPS) is 13.3. The summed E-state index contributed by atoms with van der Waals surface area (Å²) in [5.41, 5.74) is 0. The molecular weight excluding hydrogens is 312 g/mol. The average molecular weight is 340 g/mol. The molecule has 0 saturated heterocycles. The van der Waals surface area contributed by atoms with E-state index in [1.54, 1.807) is 19.1 Å². The first-order valence-electron chi connectivity index (χ1n) is 8.36. The first kappa shape index (κ1) is 19.6. The molecule has 1 aromatic rings. The summed E-state index contributed by atoms with van der Waals surface area (Å²) in [5, 5.41) is 17.2. The van der Waals surface area contributed by atoms with Gasteiger partial charge >= 0.3 is 0 Å². The third kappa shape index (κ3) is 7.61. The van der Waals surface area contributed by atoms with Crippen LogP contribution in [0.4, 0.5) is 0 Å². The summed E-state index contributed by atoms with van der Waals surface area (Å²) in [5.74, 6) is -0.701. The zero-order valence-electron chi connectivity index (χ0n) is 14.0. The van der Waals surface area contributed by atoms with Crippen LogP contribution in [0.25, 0.3) is 0 Å². The Morgan fingerprint density at radius 3 is 2.57 bits per heavy atom. The average Bonchev–Trinajstić information content (AvgIpc) is 3.07. The largest absolute Gasteiger partial charge is 0.381 e. The fourth-order valence-corrected chi connectivity index (χ4v) is 2.84. The van der Waals surface area contributed by atoms with E-state index < -0.39 is 18.1 Å². The van der Waals surface area contributed by atoms with Gasteiger partial charge in [0.25, 0.3) is 11.8 Å². The Balaban J connectivity index is 2.20. The molecule has 23 heavy (non-hydrogen) atoms. The molecule has 130 valence electrons. The highest BCUT2D eigenvalue weighted by Crippen LogP contribution is 2.09. The van der Waals surface area contributed by atoms with Crippen LogP contribution in [0.5, 0.6) is 0 Å². The molecule has 0 aromatic carbocycles. The number of amides is 2. The predicted octanol–water partition coefficient (Wildman–Crippen LogP) is 2.70. The fraction of sp³-hybridized carbons (Fsp3) is 0.647. The van der Waals surface area contributed by atoms with Crippen LogP contribution in [-0.2, 0) is 4.79 Å². The highest BCUT2D eigenvalue weighted by Gasteiger charge is 2.24. The van der Waals surface area contributed by atoms with Crippen LogP contribution < -0.4 is 10.6 Å². The topological polar surface area (TPSA) is 78.4 Å². The number of nitrogens with one attached hydrogen (secondary N) is 2. The maximum Gasteiger partial charge on any atom is 0.261 e. The van der Waals surface area contributed by atoms with Crippen molar-refractivity contribution in [2.24, 2.45) is 0 Å². The molecule has 5 nitrogen and oxygen atoms in total. The lowest BCUT2D eigenvalue weighted by atomic mass is 10.1. The summed E-state index contributed by atoms with van der Waals surface area (Å²) in [6.45, 7) is 4.37. The highest BCUT2D eigenvalue weighted by molar-refractivity contribution is 7.12. The van der Waals surface area contributed by atoms with Gasteiger partial charge < -0.3 is 15.7 Å². The maximum atomic E-state index is 11.9. The van der Waals surface area contributed by atoms with E-state index >= 15 is 0 Å². The molecule has 2 amide bonds. The minimum absolute atomic E-state index is 0.268. The molecular formula is C17H28N2O3S. The molecule has 2 atom stereocenters. The van der Waals surface area contributed by atoms with Gasteiger partial charge in [0.15, 0.2) is 6.10 Å². The lowest BCUT2D eigenvalue weighted by Gasteiger charge is -2.19. The summed E-state index contributed by atoms with van der Waals surface area (Å²) in [6, 6.07) is 2.86. The van der Waals surface area contributed by atoms with Gasteiger partial charge in [-0.05, 0) is 24.8 Å². The van der Waals surface area contributed by atoms with Crippen molar-refractivity contribution in [1.29, 1.82) is 0 Å². The van der Waals surface area contributed by atoms with E-state index in [0.29, 0.717) is 11.4 Å². The molecule has 6 heteroatoms. The first-order chi connectivity index (χ1) is 11.1. The van der Waals surface area contributed by atoms with Gasteiger partial charge in [0.2, 0.25) is 0 Å². The van der Waals surface area contributed by atoms with Crippen molar-refractivity contribution in [3.8, 4) is 0 Å². The summed E-state index contributed by atoms with van der Waals surface area (Å²) in [7, 11) is 0. The predicted molar refractivity (Wildman–Crippen MR) is 93.6 cm³/mol. The van der Waals surface area contributed by atoms with Crippen LogP contribution >= 0.6 is 11.3 Å². The summed E-state index contributed by atoms with van der Waals surface area (Å²) >= 11 is 1.32. The minimum atomic E-state index is -1.24. The van der Waals surface area contributed by atoms with Gasteiger partial charge in [-0.2, -0.15) is 0 Å².